The number of rotatable bonds is 0. The molecule has 1 aliphatic rings. The molecule has 2 aromatic rings. The van der Waals surface area contributed by atoms with Gasteiger partial charge in [-0.05, 0) is 55.1 Å². The van der Waals surface area contributed by atoms with Crippen molar-refractivity contribution in [3.8, 4) is 11.4 Å². The topological polar surface area (TPSA) is 25.8 Å². The Bertz CT molecular complexity index is 503. The molecule has 0 saturated heterocycles. The second-order valence-corrected chi connectivity index (χ2v) is 5.33. The molecule has 0 atom stereocenters. The van der Waals surface area contributed by atoms with Gasteiger partial charge in [-0.15, -0.1) is 0 Å². The van der Waals surface area contributed by atoms with Crippen LogP contribution in [0.5, 0.6) is 0 Å². The van der Waals surface area contributed by atoms with Crippen LogP contribution in [0.3, 0.4) is 0 Å². The van der Waals surface area contributed by atoms with Crippen molar-refractivity contribution < 1.29 is 0 Å². The average Bonchev–Trinajstić information content (AvgIpc) is 2.53. The van der Waals surface area contributed by atoms with Crippen LogP contribution in [-0.4, -0.2) is 9.97 Å². The van der Waals surface area contributed by atoms with Gasteiger partial charge in [0.15, 0.2) is 0 Å². The molecule has 2 nitrogen and oxygen atoms in total. The number of halogens is 2. The molecule has 0 aliphatic heterocycles. The summed E-state index contributed by atoms with van der Waals surface area (Å²) in [7, 11) is 0. The number of hydrogen-bond donors (Lipinski definition) is 0. The summed E-state index contributed by atoms with van der Waals surface area (Å²) in [6.07, 6.45) is 4.55. The van der Waals surface area contributed by atoms with Crippen LogP contribution in [0.4, 0.5) is 0 Å². The Balaban J connectivity index is 2.24. The van der Waals surface area contributed by atoms with E-state index in [0.29, 0.717) is 0 Å². The molecule has 0 bridgehead atoms. The largest absolute Gasteiger partial charge is 0.253 e. The molecule has 0 amide bonds. The van der Waals surface area contributed by atoms with E-state index >= 15 is 0 Å². The zero-order valence-electron chi connectivity index (χ0n) is 7.67. The van der Waals surface area contributed by atoms with Crippen LogP contribution in [-0.2, 0) is 6.42 Å². The van der Waals surface area contributed by atoms with E-state index in [0.717, 1.165) is 26.8 Å². The fourth-order valence-corrected chi connectivity index (χ4v) is 2.62. The molecule has 0 fully saturated rings. The molecule has 2 heterocycles. The van der Waals surface area contributed by atoms with Crippen LogP contribution in [0.15, 0.2) is 33.5 Å². The van der Waals surface area contributed by atoms with E-state index in [4.69, 9.17) is 0 Å². The predicted molar refractivity (Wildman–Crippen MR) is 65.7 cm³/mol. The minimum Gasteiger partial charge on any atom is -0.253 e. The van der Waals surface area contributed by atoms with E-state index in [1.54, 1.807) is 0 Å². The van der Waals surface area contributed by atoms with Crippen molar-refractivity contribution in [2.75, 3.05) is 0 Å². The summed E-state index contributed by atoms with van der Waals surface area (Å²) in [6.45, 7) is 0. The van der Waals surface area contributed by atoms with E-state index in [2.05, 4.69) is 54.0 Å². The monoisotopic (exact) mass is 324 g/mol. The fourth-order valence-electron chi connectivity index (χ4n) is 1.86. The lowest BCUT2D eigenvalue weighted by Gasteiger charge is -1.98. The lowest BCUT2D eigenvalue weighted by molar-refractivity contribution is 1.21. The van der Waals surface area contributed by atoms with Crippen molar-refractivity contribution in [2.24, 2.45) is 0 Å². The molecule has 0 radical (unpaired) electrons. The quantitative estimate of drug-likeness (QED) is 0.631. The normalized spacial score (nSPS) is 12.4. The Morgan fingerprint density at radius 3 is 1.80 bits per heavy atom. The molecule has 4 heteroatoms. The first-order valence-corrected chi connectivity index (χ1v) is 6.12. The van der Waals surface area contributed by atoms with Gasteiger partial charge in [0.2, 0.25) is 0 Å². The Labute approximate surface area is 104 Å². The second kappa shape index (κ2) is 3.39. The molecule has 0 N–H and O–H groups in total. The van der Waals surface area contributed by atoms with E-state index in [-0.39, 0.29) is 0 Å². The predicted octanol–water partition coefficient (Wildman–Crippen LogP) is 3.57. The van der Waals surface area contributed by atoms with Gasteiger partial charge >= 0.3 is 0 Å². The van der Waals surface area contributed by atoms with Gasteiger partial charge in [-0.3, -0.25) is 9.97 Å². The zero-order valence-corrected chi connectivity index (χ0v) is 10.8. The highest BCUT2D eigenvalue weighted by atomic mass is 79.9. The highest BCUT2D eigenvalue weighted by Crippen LogP contribution is 2.35. The van der Waals surface area contributed by atoms with Crippen molar-refractivity contribution in [3.05, 3.63) is 44.6 Å². The minimum absolute atomic E-state index is 0.920. The summed E-state index contributed by atoms with van der Waals surface area (Å²) < 4.78 is 2.04. The van der Waals surface area contributed by atoms with E-state index in [9.17, 15) is 0 Å². The number of pyridine rings is 2. The second-order valence-electron chi connectivity index (χ2n) is 3.50. The van der Waals surface area contributed by atoms with Crippen molar-refractivity contribution in [1.82, 2.24) is 9.97 Å². The maximum Gasteiger partial charge on any atom is 0.0925 e. The first kappa shape index (κ1) is 9.48. The molecular formula is C11H6Br2N2. The van der Waals surface area contributed by atoms with Gasteiger partial charge in [-0.25, -0.2) is 0 Å². The van der Waals surface area contributed by atoms with Gasteiger partial charge in [0.05, 0.1) is 11.4 Å². The Hall–Kier alpha value is -0.740. The number of fused-ring (bicyclic) bond motifs is 3. The SMILES string of the molecule is Brc1cnc2c(c1)Cc1cc(Br)cnc1-2. The standard InChI is InChI=1S/C11H6Br2N2/c12-8-2-6-1-7-3-9(13)5-15-11(7)10(6)14-4-8/h2-5H,1H2. The van der Waals surface area contributed by atoms with Gasteiger partial charge in [-0.1, -0.05) is 0 Å². The number of hydrogen-bond acceptors (Lipinski definition) is 2. The number of aromatic nitrogens is 2. The van der Waals surface area contributed by atoms with Gasteiger partial charge in [0.25, 0.3) is 0 Å². The van der Waals surface area contributed by atoms with Gasteiger partial charge in [0.1, 0.15) is 0 Å². The van der Waals surface area contributed by atoms with Crippen LogP contribution in [0.25, 0.3) is 11.4 Å². The van der Waals surface area contributed by atoms with E-state index in [1.807, 2.05) is 12.4 Å². The van der Waals surface area contributed by atoms with E-state index < -0.39 is 0 Å². The maximum atomic E-state index is 4.41. The zero-order chi connectivity index (χ0) is 10.4. The van der Waals surface area contributed by atoms with Gasteiger partial charge < -0.3 is 0 Å². The van der Waals surface area contributed by atoms with Crippen molar-refractivity contribution in [3.63, 3.8) is 0 Å². The third-order valence-corrected chi connectivity index (χ3v) is 3.34. The molecule has 1 aliphatic carbocycles. The maximum absolute atomic E-state index is 4.41. The van der Waals surface area contributed by atoms with Crippen LogP contribution < -0.4 is 0 Å². The lowest BCUT2D eigenvalue weighted by Crippen LogP contribution is -1.86. The van der Waals surface area contributed by atoms with E-state index in [1.165, 1.54) is 11.1 Å². The third-order valence-electron chi connectivity index (χ3n) is 2.47. The summed E-state index contributed by atoms with van der Waals surface area (Å²) >= 11 is 6.86. The molecule has 0 saturated carbocycles. The molecule has 15 heavy (non-hydrogen) atoms. The molecule has 2 aromatic heterocycles. The molecular weight excluding hydrogens is 320 g/mol. The summed E-state index contributed by atoms with van der Waals surface area (Å²) in [6, 6.07) is 4.22. The summed E-state index contributed by atoms with van der Waals surface area (Å²) in [5.41, 5.74) is 4.51. The Kier molecular flexibility index (Phi) is 2.14. The summed E-state index contributed by atoms with van der Waals surface area (Å²) in [5.74, 6) is 0. The molecule has 3 rings (SSSR count). The summed E-state index contributed by atoms with van der Waals surface area (Å²) in [4.78, 5) is 8.81. The third kappa shape index (κ3) is 1.52. The summed E-state index contributed by atoms with van der Waals surface area (Å²) in [5, 5.41) is 0. The number of nitrogens with zero attached hydrogens (tertiary/aromatic N) is 2. The van der Waals surface area contributed by atoms with Crippen LogP contribution in [0.2, 0.25) is 0 Å². The highest BCUT2D eigenvalue weighted by Gasteiger charge is 2.21. The minimum atomic E-state index is 0.920. The fraction of sp³-hybridized carbons (Fsp3) is 0.0909. The van der Waals surface area contributed by atoms with Gasteiger partial charge in [0, 0.05) is 27.8 Å². The smallest absolute Gasteiger partial charge is 0.0925 e. The Morgan fingerprint density at radius 2 is 1.33 bits per heavy atom. The highest BCUT2D eigenvalue weighted by molar-refractivity contribution is 9.10. The van der Waals surface area contributed by atoms with Crippen LogP contribution >= 0.6 is 31.9 Å². The van der Waals surface area contributed by atoms with Crippen molar-refractivity contribution >= 4 is 31.9 Å². The molecule has 0 unspecified atom stereocenters. The van der Waals surface area contributed by atoms with Crippen LogP contribution in [0.1, 0.15) is 11.1 Å². The average molecular weight is 326 g/mol. The van der Waals surface area contributed by atoms with Crippen molar-refractivity contribution in [2.45, 2.75) is 6.42 Å². The Morgan fingerprint density at radius 1 is 0.867 bits per heavy atom. The van der Waals surface area contributed by atoms with Crippen LogP contribution in [0, 0.1) is 0 Å². The van der Waals surface area contributed by atoms with Crippen molar-refractivity contribution in [1.29, 1.82) is 0 Å². The lowest BCUT2D eigenvalue weighted by atomic mass is 10.2. The first-order valence-electron chi connectivity index (χ1n) is 4.53. The molecule has 74 valence electrons. The van der Waals surface area contributed by atoms with Gasteiger partial charge in [-0.2, -0.15) is 0 Å². The molecule has 0 spiro atoms. The molecule has 0 aromatic carbocycles. The first-order chi connectivity index (χ1) is 7.24.